The number of hydrogen-bond acceptors (Lipinski definition) is 3. The van der Waals surface area contributed by atoms with E-state index in [0.717, 1.165) is 4.90 Å². The number of rotatable bonds is 8. The summed E-state index contributed by atoms with van der Waals surface area (Å²) in [6.45, 7) is 0.0474. The molecule has 0 bridgehead atoms. The van der Waals surface area contributed by atoms with Crippen molar-refractivity contribution in [2.45, 2.75) is 23.9 Å². The van der Waals surface area contributed by atoms with E-state index in [1.54, 1.807) is 12.1 Å². The number of alkyl halides is 3. The zero-order chi connectivity index (χ0) is 16.6. The third-order valence-corrected chi connectivity index (χ3v) is 4.03. The summed E-state index contributed by atoms with van der Waals surface area (Å²) in [5.41, 5.74) is 0. The van der Waals surface area contributed by atoms with E-state index in [1.165, 1.54) is 16.7 Å². The summed E-state index contributed by atoms with van der Waals surface area (Å²) < 4.78 is 36.4. The number of carbonyl (C=O) groups excluding carboxylic acids is 1. The van der Waals surface area contributed by atoms with Gasteiger partial charge in [0.1, 0.15) is 0 Å². The number of amides is 1. The highest BCUT2D eigenvalue weighted by Gasteiger charge is 2.29. The van der Waals surface area contributed by atoms with Crippen LogP contribution in [0.2, 0.25) is 5.02 Å². The molecule has 1 N–H and O–H groups in total. The van der Waals surface area contributed by atoms with Crippen LogP contribution >= 0.6 is 23.4 Å². The minimum atomic E-state index is -4.35. The standard InChI is InChI=1S/C14H17ClF3NO2S/c15-11-1-3-12(4-2-11)22-10-8-19(7-9-20)13(21)5-6-14(16,17)18/h1-4,20H,5-10H2. The lowest BCUT2D eigenvalue weighted by molar-refractivity contribution is -0.149. The molecule has 0 aliphatic rings. The Morgan fingerprint density at radius 1 is 1.23 bits per heavy atom. The molecule has 1 amide bonds. The van der Waals surface area contributed by atoms with Crippen molar-refractivity contribution >= 4 is 29.3 Å². The second-order valence-corrected chi connectivity index (χ2v) is 6.13. The maximum atomic E-state index is 12.1. The summed E-state index contributed by atoms with van der Waals surface area (Å²) in [7, 11) is 0. The normalized spacial score (nSPS) is 11.5. The molecule has 0 saturated heterocycles. The molecular weight excluding hydrogens is 339 g/mol. The Kier molecular flexibility index (Phi) is 8.06. The van der Waals surface area contributed by atoms with Crippen LogP contribution in [0.15, 0.2) is 29.2 Å². The van der Waals surface area contributed by atoms with E-state index in [1.807, 2.05) is 12.1 Å². The number of thioether (sulfide) groups is 1. The quantitative estimate of drug-likeness (QED) is 0.724. The van der Waals surface area contributed by atoms with Gasteiger partial charge in [0.25, 0.3) is 0 Å². The smallest absolute Gasteiger partial charge is 0.389 e. The average Bonchev–Trinajstić information content (AvgIpc) is 2.45. The molecule has 0 fully saturated rings. The Bertz CT molecular complexity index is 468. The van der Waals surface area contributed by atoms with Gasteiger partial charge in [-0.05, 0) is 24.3 Å². The van der Waals surface area contributed by atoms with Gasteiger partial charge >= 0.3 is 6.18 Å². The highest BCUT2D eigenvalue weighted by atomic mass is 35.5. The fourth-order valence-corrected chi connectivity index (χ4v) is 2.70. The molecule has 8 heteroatoms. The second kappa shape index (κ2) is 9.27. The van der Waals surface area contributed by atoms with Crippen LogP contribution in [0.5, 0.6) is 0 Å². The Balaban J connectivity index is 2.42. The van der Waals surface area contributed by atoms with Gasteiger partial charge in [-0.3, -0.25) is 4.79 Å². The van der Waals surface area contributed by atoms with E-state index in [2.05, 4.69) is 0 Å². The second-order valence-electron chi connectivity index (χ2n) is 4.52. The molecule has 1 rings (SSSR count). The predicted molar refractivity (Wildman–Crippen MR) is 81.1 cm³/mol. The fourth-order valence-electron chi connectivity index (χ4n) is 1.69. The van der Waals surface area contributed by atoms with Crippen molar-refractivity contribution in [2.75, 3.05) is 25.4 Å². The van der Waals surface area contributed by atoms with Crippen molar-refractivity contribution in [3.8, 4) is 0 Å². The van der Waals surface area contributed by atoms with Crippen molar-refractivity contribution in [3.63, 3.8) is 0 Å². The van der Waals surface area contributed by atoms with Crippen LogP contribution in [0, 0.1) is 0 Å². The van der Waals surface area contributed by atoms with Crippen LogP contribution in [0.3, 0.4) is 0 Å². The maximum absolute atomic E-state index is 12.1. The van der Waals surface area contributed by atoms with Gasteiger partial charge in [0.2, 0.25) is 5.91 Å². The summed E-state index contributed by atoms with van der Waals surface area (Å²) in [4.78, 5) is 14.0. The van der Waals surface area contributed by atoms with Crippen LogP contribution < -0.4 is 0 Å². The third kappa shape index (κ3) is 7.91. The molecule has 0 aliphatic carbocycles. The highest BCUT2D eigenvalue weighted by molar-refractivity contribution is 7.99. The highest BCUT2D eigenvalue weighted by Crippen LogP contribution is 2.23. The Morgan fingerprint density at radius 2 is 1.86 bits per heavy atom. The Labute approximate surface area is 136 Å². The first-order chi connectivity index (χ1) is 10.3. The van der Waals surface area contributed by atoms with Crippen molar-refractivity contribution in [3.05, 3.63) is 29.3 Å². The maximum Gasteiger partial charge on any atom is 0.389 e. The molecule has 0 aliphatic heterocycles. The number of aliphatic hydroxyl groups is 1. The summed E-state index contributed by atoms with van der Waals surface area (Å²) in [6, 6.07) is 7.14. The fraction of sp³-hybridized carbons (Fsp3) is 0.500. The van der Waals surface area contributed by atoms with Crippen molar-refractivity contribution < 1.29 is 23.1 Å². The first-order valence-corrected chi connectivity index (χ1v) is 8.02. The van der Waals surface area contributed by atoms with E-state index in [0.29, 0.717) is 10.8 Å². The van der Waals surface area contributed by atoms with Crippen LogP contribution in [-0.2, 0) is 4.79 Å². The SMILES string of the molecule is O=C(CCC(F)(F)F)N(CCO)CCSc1ccc(Cl)cc1. The van der Waals surface area contributed by atoms with Crippen LogP contribution in [0.4, 0.5) is 13.2 Å². The van der Waals surface area contributed by atoms with Gasteiger partial charge in [-0.2, -0.15) is 13.2 Å². The van der Waals surface area contributed by atoms with Gasteiger partial charge in [0.15, 0.2) is 0 Å². The zero-order valence-electron chi connectivity index (χ0n) is 11.8. The van der Waals surface area contributed by atoms with Gasteiger partial charge in [-0.25, -0.2) is 0 Å². The minimum absolute atomic E-state index is 0.0396. The van der Waals surface area contributed by atoms with Gasteiger partial charge in [0, 0.05) is 35.2 Å². The van der Waals surface area contributed by atoms with E-state index < -0.39 is 24.9 Å². The van der Waals surface area contributed by atoms with E-state index >= 15 is 0 Å². The molecule has 0 radical (unpaired) electrons. The molecule has 0 aromatic heterocycles. The topological polar surface area (TPSA) is 40.5 Å². The van der Waals surface area contributed by atoms with Gasteiger partial charge in [0.05, 0.1) is 13.0 Å². The summed E-state index contributed by atoms with van der Waals surface area (Å²) in [5.74, 6) is -0.0672. The molecule has 0 atom stereocenters. The summed E-state index contributed by atoms with van der Waals surface area (Å²) >= 11 is 7.24. The number of carbonyl (C=O) groups is 1. The molecule has 0 saturated carbocycles. The average molecular weight is 356 g/mol. The van der Waals surface area contributed by atoms with Gasteiger partial charge in [-0.15, -0.1) is 11.8 Å². The molecule has 3 nitrogen and oxygen atoms in total. The number of nitrogens with zero attached hydrogens (tertiary/aromatic N) is 1. The molecular formula is C14H17ClF3NO2S. The first-order valence-electron chi connectivity index (χ1n) is 6.65. The largest absolute Gasteiger partial charge is 0.395 e. The van der Waals surface area contributed by atoms with Gasteiger partial charge in [-0.1, -0.05) is 11.6 Å². The van der Waals surface area contributed by atoms with Crippen molar-refractivity contribution in [2.24, 2.45) is 0 Å². The lowest BCUT2D eigenvalue weighted by Gasteiger charge is -2.22. The molecule has 0 unspecified atom stereocenters. The molecule has 1 aromatic carbocycles. The van der Waals surface area contributed by atoms with E-state index in [-0.39, 0.29) is 19.7 Å². The number of benzene rings is 1. The lowest BCUT2D eigenvalue weighted by Crippen LogP contribution is -2.35. The van der Waals surface area contributed by atoms with Crippen molar-refractivity contribution in [1.29, 1.82) is 0 Å². The Morgan fingerprint density at radius 3 is 2.41 bits per heavy atom. The molecule has 0 spiro atoms. The first kappa shape index (κ1) is 19.1. The lowest BCUT2D eigenvalue weighted by atomic mass is 10.2. The number of halogens is 4. The summed E-state index contributed by atoms with van der Waals surface area (Å²) in [6.07, 6.45) is -6.08. The Hall–Kier alpha value is -0.920. The van der Waals surface area contributed by atoms with E-state index in [9.17, 15) is 18.0 Å². The third-order valence-electron chi connectivity index (χ3n) is 2.79. The minimum Gasteiger partial charge on any atom is -0.395 e. The van der Waals surface area contributed by atoms with Crippen LogP contribution in [0.25, 0.3) is 0 Å². The zero-order valence-corrected chi connectivity index (χ0v) is 13.3. The monoisotopic (exact) mass is 355 g/mol. The van der Waals surface area contributed by atoms with Crippen LogP contribution in [0.1, 0.15) is 12.8 Å². The number of hydrogen-bond donors (Lipinski definition) is 1. The molecule has 0 heterocycles. The predicted octanol–water partition coefficient (Wildman–Crippen LogP) is 3.60. The summed E-state index contributed by atoms with van der Waals surface area (Å²) in [5, 5.41) is 9.54. The van der Waals surface area contributed by atoms with E-state index in [4.69, 9.17) is 16.7 Å². The molecule has 1 aromatic rings. The van der Waals surface area contributed by atoms with Gasteiger partial charge < -0.3 is 10.0 Å². The number of aliphatic hydroxyl groups excluding tert-OH is 1. The van der Waals surface area contributed by atoms with Crippen molar-refractivity contribution in [1.82, 2.24) is 4.90 Å². The van der Waals surface area contributed by atoms with Crippen LogP contribution in [-0.4, -0.2) is 47.5 Å². The molecule has 124 valence electrons. The molecule has 22 heavy (non-hydrogen) atoms.